The van der Waals surface area contributed by atoms with Crippen LogP contribution in [0, 0.1) is 6.92 Å². The molecule has 0 aliphatic carbocycles. The molecular formula is C13H22N4O3. The lowest BCUT2D eigenvalue weighted by atomic mass is 10.2. The van der Waals surface area contributed by atoms with Crippen molar-refractivity contribution in [3.05, 3.63) is 11.4 Å². The average molecular weight is 282 g/mol. The molecule has 7 nitrogen and oxygen atoms in total. The highest BCUT2D eigenvalue weighted by atomic mass is 16.5. The van der Waals surface area contributed by atoms with Crippen molar-refractivity contribution in [3.8, 4) is 0 Å². The molecule has 1 heterocycles. The van der Waals surface area contributed by atoms with E-state index in [1.807, 2.05) is 13.8 Å². The van der Waals surface area contributed by atoms with E-state index >= 15 is 0 Å². The fourth-order valence-electron chi connectivity index (χ4n) is 1.94. The molecule has 1 aromatic heterocycles. The second-order valence-corrected chi connectivity index (χ2v) is 4.80. The van der Waals surface area contributed by atoms with Gasteiger partial charge in [0.15, 0.2) is 12.3 Å². The highest BCUT2D eigenvalue weighted by Gasteiger charge is 2.20. The maximum atomic E-state index is 11.9. The molecular weight excluding hydrogens is 260 g/mol. The quantitative estimate of drug-likeness (QED) is 0.751. The highest BCUT2D eigenvalue weighted by molar-refractivity contribution is 5.95. The fourth-order valence-corrected chi connectivity index (χ4v) is 1.94. The molecule has 0 aliphatic rings. The molecule has 7 heteroatoms. The number of anilines is 1. The molecule has 1 atom stereocenters. The second-order valence-electron chi connectivity index (χ2n) is 4.80. The normalized spacial score (nSPS) is 12.0. The molecule has 1 rings (SSSR count). The summed E-state index contributed by atoms with van der Waals surface area (Å²) >= 11 is 0. The molecule has 0 aliphatic heterocycles. The predicted molar refractivity (Wildman–Crippen MR) is 75.2 cm³/mol. The fraction of sp³-hybridized carbons (Fsp3) is 0.615. The summed E-state index contributed by atoms with van der Waals surface area (Å²) in [5.74, 6) is -0.972. The van der Waals surface area contributed by atoms with E-state index in [2.05, 4.69) is 10.4 Å². The van der Waals surface area contributed by atoms with E-state index in [9.17, 15) is 9.59 Å². The Morgan fingerprint density at radius 1 is 1.50 bits per heavy atom. The first-order valence-electron chi connectivity index (χ1n) is 6.62. The van der Waals surface area contributed by atoms with Crippen LogP contribution >= 0.6 is 0 Å². The van der Waals surface area contributed by atoms with Crippen molar-refractivity contribution in [3.63, 3.8) is 0 Å². The number of nitrogens with zero attached hydrogens (tertiary/aromatic N) is 2. The first-order chi connectivity index (χ1) is 9.36. The van der Waals surface area contributed by atoms with Crippen LogP contribution in [0.4, 0.5) is 5.69 Å². The van der Waals surface area contributed by atoms with Crippen LogP contribution < -0.4 is 11.1 Å². The molecule has 0 aromatic carbocycles. The molecule has 0 fully saturated rings. The summed E-state index contributed by atoms with van der Waals surface area (Å²) in [4.78, 5) is 23.5. The Balaban J connectivity index is 2.53. The van der Waals surface area contributed by atoms with Gasteiger partial charge in [-0.05, 0) is 20.3 Å². The number of ether oxygens (including phenoxy) is 1. The minimum atomic E-state index is -0.649. The molecule has 0 bridgehead atoms. The third-order valence-corrected chi connectivity index (χ3v) is 2.93. The van der Waals surface area contributed by atoms with Crippen molar-refractivity contribution in [1.82, 2.24) is 15.1 Å². The SMILES string of the molecule is CCCC(C)NC(=O)COC(=O)c1c(N)c(C)nn1C. The molecule has 0 radical (unpaired) electrons. The monoisotopic (exact) mass is 282 g/mol. The summed E-state index contributed by atoms with van der Waals surface area (Å²) < 4.78 is 6.30. The van der Waals surface area contributed by atoms with Crippen LogP contribution in [-0.2, 0) is 16.6 Å². The topological polar surface area (TPSA) is 99.2 Å². The molecule has 20 heavy (non-hydrogen) atoms. The highest BCUT2D eigenvalue weighted by Crippen LogP contribution is 2.16. The van der Waals surface area contributed by atoms with Crippen LogP contribution in [-0.4, -0.2) is 34.3 Å². The number of nitrogens with two attached hydrogens (primary N) is 1. The standard InChI is InChI=1S/C13H22N4O3/c1-5-6-8(2)15-10(18)7-20-13(19)12-11(14)9(3)16-17(12)4/h8H,5-7,14H2,1-4H3,(H,15,18). The van der Waals surface area contributed by atoms with Crippen molar-refractivity contribution in [2.24, 2.45) is 7.05 Å². The first kappa shape index (κ1) is 16.0. The Morgan fingerprint density at radius 3 is 2.65 bits per heavy atom. The lowest BCUT2D eigenvalue weighted by Gasteiger charge is -2.12. The van der Waals surface area contributed by atoms with Gasteiger partial charge in [0.2, 0.25) is 0 Å². The largest absolute Gasteiger partial charge is 0.451 e. The molecule has 112 valence electrons. The molecule has 1 unspecified atom stereocenters. The average Bonchev–Trinajstić information content (AvgIpc) is 2.60. The van der Waals surface area contributed by atoms with Gasteiger partial charge in [-0.1, -0.05) is 13.3 Å². The van der Waals surface area contributed by atoms with Crippen LogP contribution in [0.15, 0.2) is 0 Å². The maximum absolute atomic E-state index is 11.9. The minimum absolute atomic E-state index is 0.0650. The Bertz CT molecular complexity index is 496. The number of nitrogen functional groups attached to an aromatic ring is 1. The van der Waals surface area contributed by atoms with E-state index in [-0.39, 0.29) is 29.9 Å². The van der Waals surface area contributed by atoms with Crippen molar-refractivity contribution in [2.75, 3.05) is 12.3 Å². The lowest BCUT2D eigenvalue weighted by Crippen LogP contribution is -2.35. The molecule has 0 spiro atoms. The Morgan fingerprint density at radius 2 is 2.15 bits per heavy atom. The molecule has 0 saturated carbocycles. The first-order valence-corrected chi connectivity index (χ1v) is 6.62. The second kappa shape index (κ2) is 6.93. The third-order valence-electron chi connectivity index (χ3n) is 2.93. The summed E-state index contributed by atoms with van der Waals surface area (Å²) in [5.41, 5.74) is 6.74. The zero-order valence-electron chi connectivity index (χ0n) is 12.4. The van der Waals surface area contributed by atoms with Gasteiger partial charge >= 0.3 is 5.97 Å². The number of hydrogen-bond donors (Lipinski definition) is 2. The van der Waals surface area contributed by atoms with E-state index < -0.39 is 5.97 Å². The van der Waals surface area contributed by atoms with Crippen LogP contribution in [0.25, 0.3) is 0 Å². The number of carbonyl (C=O) groups excluding carboxylic acids is 2. The number of aryl methyl sites for hydroxylation is 2. The van der Waals surface area contributed by atoms with Gasteiger partial charge in [0.25, 0.3) is 5.91 Å². The number of rotatable bonds is 6. The van der Waals surface area contributed by atoms with Gasteiger partial charge < -0.3 is 15.8 Å². The molecule has 1 aromatic rings. The van der Waals surface area contributed by atoms with Gasteiger partial charge in [-0.2, -0.15) is 5.10 Å². The van der Waals surface area contributed by atoms with Crippen molar-refractivity contribution in [1.29, 1.82) is 0 Å². The van der Waals surface area contributed by atoms with Gasteiger partial charge in [-0.15, -0.1) is 0 Å². The summed E-state index contributed by atoms with van der Waals surface area (Å²) in [6.07, 6.45) is 1.86. The zero-order valence-corrected chi connectivity index (χ0v) is 12.4. The van der Waals surface area contributed by atoms with E-state index in [1.165, 1.54) is 4.68 Å². The minimum Gasteiger partial charge on any atom is -0.451 e. The van der Waals surface area contributed by atoms with E-state index in [1.54, 1.807) is 14.0 Å². The zero-order chi connectivity index (χ0) is 15.3. The van der Waals surface area contributed by atoms with E-state index in [4.69, 9.17) is 10.5 Å². The molecule has 0 saturated heterocycles. The number of esters is 1. The summed E-state index contributed by atoms with van der Waals surface area (Å²) in [5, 5.41) is 6.77. The Hall–Kier alpha value is -2.05. The van der Waals surface area contributed by atoms with Gasteiger partial charge in [-0.3, -0.25) is 9.48 Å². The summed E-state index contributed by atoms with van der Waals surface area (Å²) in [6.45, 7) is 5.32. The van der Waals surface area contributed by atoms with Gasteiger partial charge in [0, 0.05) is 13.1 Å². The van der Waals surface area contributed by atoms with Crippen molar-refractivity contribution in [2.45, 2.75) is 39.7 Å². The predicted octanol–water partition coefficient (Wildman–Crippen LogP) is 0.772. The summed E-state index contributed by atoms with van der Waals surface area (Å²) in [6, 6.07) is 0.0650. The smallest absolute Gasteiger partial charge is 0.359 e. The number of nitrogens with one attached hydrogen (secondary N) is 1. The molecule has 1 amide bonds. The molecule has 3 N–H and O–H groups in total. The number of hydrogen-bond acceptors (Lipinski definition) is 5. The van der Waals surface area contributed by atoms with Crippen molar-refractivity contribution >= 4 is 17.6 Å². The van der Waals surface area contributed by atoms with Crippen LogP contribution in [0.2, 0.25) is 0 Å². The third kappa shape index (κ3) is 3.97. The Kier molecular flexibility index (Phi) is 5.54. The van der Waals surface area contributed by atoms with Crippen molar-refractivity contribution < 1.29 is 14.3 Å². The van der Waals surface area contributed by atoms with Gasteiger partial charge in [0.1, 0.15) is 0 Å². The number of aromatic nitrogens is 2. The lowest BCUT2D eigenvalue weighted by molar-refractivity contribution is -0.124. The van der Waals surface area contributed by atoms with Crippen LogP contribution in [0.3, 0.4) is 0 Å². The number of amides is 1. The Labute approximate surface area is 118 Å². The maximum Gasteiger partial charge on any atom is 0.359 e. The van der Waals surface area contributed by atoms with E-state index in [0.29, 0.717) is 5.69 Å². The van der Waals surface area contributed by atoms with E-state index in [0.717, 1.165) is 12.8 Å². The number of carbonyl (C=O) groups is 2. The van der Waals surface area contributed by atoms with Gasteiger partial charge in [0.05, 0.1) is 11.4 Å². The van der Waals surface area contributed by atoms with Crippen LogP contribution in [0.5, 0.6) is 0 Å². The van der Waals surface area contributed by atoms with Crippen LogP contribution in [0.1, 0.15) is 42.9 Å². The van der Waals surface area contributed by atoms with Gasteiger partial charge in [-0.25, -0.2) is 4.79 Å². The summed E-state index contributed by atoms with van der Waals surface area (Å²) in [7, 11) is 1.60.